The van der Waals surface area contributed by atoms with Gasteiger partial charge in [-0.1, -0.05) is 34.6 Å². The Balaban J connectivity index is 4.50. The van der Waals surface area contributed by atoms with E-state index in [1.54, 1.807) is 6.20 Å². The molecular weight excluding hydrogens is 172 g/mol. The Labute approximate surface area is 88.3 Å². The maximum Gasteiger partial charge on any atom is 0.0457 e. The molecule has 14 heavy (non-hydrogen) atoms. The lowest BCUT2D eigenvalue weighted by Gasteiger charge is -2.26. The molecule has 0 bridgehead atoms. The Hall–Kier alpha value is -0.790. The number of aliphatic imine (C=N–C) groups is 1. The zero-order valence-corrected chi connectivity index (χ0v) is 10.2. The van der Waals surface area contributed by atoms with Crippen molar-refractivity contribution in [2.24, 2.45) is 22.1 Å². The van der Waals surface area contributed by atoms with E-state index in [4.69, 9.17) is 5.73 Å². The summed E-state index contributed by atoms with van der Waals surface area (Å²) in [7, 11) is 0. The third-order valence-electron chi connectivity index (χ3n) is 2.86. The molecule has 0 unspecified atom stereocenters. The SMILES string of the molecule is CCC(C)(CC)/C(N)=C/N=CC(C)C. The van der Waals surface area contributed by atoms with Crippen LogP contribution >= 0.6 is 0 Å². The topological polar surface area (TPSA) is 38.4 Å². The summed E-state index contributed by atoms with van der Waals surface area (Å²) >= 11 is 0. The molecule has 0 rings (SSSR count). The van der Waals surface area contributed by atoms with E-state index < -0.39 is 0 Å². The van der Waals surface area contributed by atoms with Crippen LogP contribution in [-0.4, -0.2) is 6.21 Å². The summed E-state index contributed by atoms with van der Waals surface area (Å²) in [6.45, 7) is 10.7. The van der Waals surface area contributed by atoms with E-state index in [-0.39, 0.29) is 5.41 Å². The van der Waals surface area contributed by atoms with E-state index in [0.717, 1.165) is 18.5 Å². The lowest BCUT2D eigenvalue weighted by molar-refractivity contribution is 0.363. The van der Waals surface area contributed by atoms with Crippen molar-refractivity contribution in [1.82, 2.24) is 0 Å². The molecule has 0 amide bonds. The number of hydrogen-bond donors (Lipinski definition) is 1. The van der Waals surface area contributed by atoms with Crippen molar-refractivity contribution in [2.45, 2.75) is 47.5 Å². The molecule has 0 aromatic heterocycles. The second-order valence-electron chi connectivity index (χ2n) is 4.39. The molecule has 82 valence electrons. The van der Waals surface area contributed by atoms with Gasteiger partial charge in [-0.3, -0.25) is 4.99 Å². The average molecular weight is 196 g/mol. The molecule has 0 atom stereocenters. The van der Waals surface area contributed by atoms with Gasteiger partial charge in [-0.15, -0.1) is 0 Å². The van der Waals surface area contributed by atoms with Gasteiger partial charge in [0.15, 0.2) is 0 Å². The molecule has 0 saturated heterocycles. The molecule has 0 heterocycles. The van der Waals surface area contributed by atoms with Gasteiger partial charge in [0, 0.05) is 23.5 Å². The largest absolute Gasteiger partial charge is 0.400 e. The highest BCUT2D eigenvalue weighted by molar-refractivity contribution is 5.60. The Morgan fingerprint density at radius 2 is 1.86 bits per heavy atom. The summed E-state index contributed by atoms with van der Waals surface area (Å²) in [5.41, 5.74) is 7.00. The lowest BCUT2D eigenvalue weighted by Crippen LogP contribution is -2.22. The van der Waals surface area contributed by atoms with E-state index in [2.05, 4.69) is 39.6 Å². The van der Waals surface area contributed by atoms with Crippen LogP contribution in [-0.2, 0) is 0 Å². The molecule has 0 spiro atoms. The van der Waals surface area contributed by atoms with E-state index in [0.29, 0.717) is 5.92 Å². The highest BCUT2D eigenvalue weighted by Gasteiger charge is 2.22. The fourth-order valence-corrected chi connectivity index (χ4v) is 1.11. The zero-order chi connectivity index (χ0) is 11.2. The van der Waals surface area contributed by atoms with Crippen molar-refractivity contribution >= 4 is 6.21 Å². The Morgan fingerprint density at radius 1 is 1.36 bits per heavy atom. The molecule has 0 aliphatic heterocycles. The van der Waals surface area contributed by atoms with Crippen molar-refractivity contribution in [3.63, 3.8) is 0 Å². The van der Waals surface area contributed by atoms with Crippen LogP contribution < -0.4 is 5.73 Å². The zero-order valence-electron chi connectivity index (χ0n) is 10.2. The third-order valence-corrected chi connectivity index (χ3v) is 2.86. The van der Waals surface area contributed by atoms with Crippen molar-refractivity contribution in [3.8, 4) is 0 Å². The molecule has 0 fully saturated rings. The molecule has 0 aromatic rings. The van der Waals surface area contributed by atoms with Crippen LogP contribution in [0.5, 0.6) is 0 Å². The lowest BCUT2D eigenvalue weighted by atomic mass is 9.82. The number of nitrogens with zero attached hydrogens (tertiary/aromatic N) is 1. The first-order chi connectivity index (χ1) is 6.46. The van der Waals surface area contributed by atoms with Gasteiger partial charge in [0.25, 0.3) is 0 Å². The minimum Gasteiger partial charge on any atom is -0.400 e. The minimum atomic E-state index is 0.105. The maximum absolute atomic E-state index is 6.01. The van der Waals surface area contributed by atoms with Gasteiger partial charge < -0.3 is 5.73 Å². The van der Waals surface area contributed by atoms with E-state index in [1.807, 2.05) is 6.21 Å². The second-order valence-corrected chi connectivity index (χ2v) is 4.39. The number of rotatable bonds is 5. The molecule has 2 nitrogen and oxygen atoms in total. The van der Waals surface area contributed by atoms with Crippen molar-refractivity contribution in [1.29, 1.82) is 0 Å². The summed E-state index contributed by atoms with van der Waals surface area (Å²) in [6, 6.07) is 0. The van der Waals surface area contributed by atoms with Crippen LogP contribution in [0.1, 0.15) is 47.5 Å². The van der Waals surface area contributed by atoms with Gasteiger partial charge >= 0.3 is 0 Å². The van der Waals surface area contributed by atoms with Crippen LogP contribution in [0.25, 0.3) is 0 Å². The van der Waals surface area contributed by atoms with Crippen molar-refractivity contribution in [2.75, 3.05) is 0 Å². The van der Waals surface area contributed by atoms with Gasteiger partial charge in [0.05, 0.1) is 0 Å². The molecule has 0 radical (unpaired) electrons. The number of allylic oxidation sites excluding steroid dienone is 1. The minimum absolute atomic E-state index is 0.105. The average Bonchev–Trinajstić information content (AvgIpc) is 2.15. The standard InChI is InChI=1S/C12H24N2/c1-6-12(5,7-2)11(13)9-14-8-10(3)4/h8-10H,6-7,13H2,1-5H3/b11-9-,14-8?. The predicted octanol–water partition coefficient (Wildman–Crippen LogP) is 3.34. The second kappa shape index (κ2) is 5.84. The third kappa shape index (κ3) is 3.95. The monoisotopic (exact) mass is 196 g/mol. The molecule has 0 aliphatic rings. The van der Waals surface area contributed by atoms with Crippen LogP contribution in [0, 0.1) is 11.3 Å². The molecule has 0 aliphatic carbocycles. The summed E-state index contributed by atoms with van der Waals surface area (Å²) in [5, 5.41) is 0. The Bertz CT molecular complexity index is 210. The van der Waals surface area contributed by atoms with Gasteiger partial charge in [-0.25, -0.2) is 0 Å². The van der Waals surface area contributed by atoms with E-state index >= 15 is 0 Å². The van der Waals surface area contributed by atoms with Crippen LogP contribution in [0.3, 0.4) is 0 Å². The van der Waals surface area contributed by atoms with Gasteiger partial charge in [-0.05, 0) is 18.8 Å². The summed E-state index contributed by atoms with van der Waals surface area (Å²) < 4.78 is 0. The summed E-state index contributed by atoms with van der Waals surface area (Å²) in [4.78, 5) is 4.22. The van der Waals surface area contributed by atoms with Crippen molar-refractivity contribution in [3.05, 3.63) is 11.9 Å². The Morgan fingerprint density at radius 3 is 2.21 bits per heavy atom. The van der Waals surface area contributed by atoms with Crippen LogP contribution in [0.2, 0.25) is 0 Å². The van der Waals surface area contributed by atoms with Crippen LogP contribution in [0.15, 0.2) is 16.9 Å². The summed E-state index contributed by atoms with van der Waals surface area (Å²) in [5.74, 6) is 0.480. The van der Waals surface area contributed by atoms with Gasteiger partial charge in [0.2, 0.25) is 0 Å². The molecular formula is C12H24N2. The quantitative estimate of drug-likeness (QED) is 0.673. The van der Waals surface area contributed by atoms with E-state index in [9.17, 15) is 0 Å². The molecule has 2 heteroatoms. The fourth-order valence-electron chi connectivity index (χ4n) is 1.11. The van der Waals surface area contributed by atoms with Crippen molar-refractivity contribution < 1.29 is 0 Å². The predicted molar refractivity (Wildman–Crippen MR) is 64.3 cm³/mol. The van der Waals surface area contributed by atoms with Gasteiger partial charge in [-0.2, -0.15) is 0 Å². The Kier molecular flexibility index (Phi) is 5.51. The van der Waals surface area contributed by atoms with Crippen LogP contribution in [0.4, 0.5) is 0 Å². The maximum atomic E-state index is 6.01. The summed E-state index contributed by atoms with van der Waals surface area (Å²) in [6.07, 6.45) is 5.83. The first-order valence-corrected chi connectivity index (χ1v) is 5.45. The van der Waals surface area contributed by atoms with Gasteiger partial charge in [0.1, 0.15) is 0 Å². The first-order valence-electron chi connectivity index (χ1n) is 5.45. The number of hydrogen-bond acceptors (Lipinski definition) is 2. The smallest absolute Gasteiger partial charge is 0.0457 e. The normalized spacial score (nSPS) is 14.3. The fraction of sp³-hybridized carbons (Fsp3) is 0.750. The highest BCUT2D eigenvalue weighted by atomic mass is 14.7. The van der Waals surface area contributed by atoms with E-state index in [1.165, 1.54) is 0 Å². The first kappa shape index (κ1) is 13.2. The molecule has 2 N–H and O–H groups in total. The molecule has 0 saturated carbocycles. The highest BCUT2D eigenvalue weighted by Crippen LogP contribution is 2.30. The molecule has 0 aromatic carbocycles. The number of nitrogens with two attached hydrogens (primary N) is 1.